The fourth-order valence-corrected chi connectivity index (χ4v) is 10.4. The first-order valence-corrected chi connectivity index (χ1v) is 18.8. The second kappa shape index (κ2) is 13.2. The number of rotatable bonds is 9. The number of ether oxygens (including phenoxy) is 7. The molecule has 0 unspecified atom stereocenters. The van der Waals surface area contributed by atoms with Crippen LogP contribution >= 0.6 is 0 Å². The predicted molar refractivity (Wildman–Crippen MR) is 189 cm³/mol. The van der Waals surface area contributed by atoms with Crippen LogP contribution in [0.2, 0.25) is 0 Å². The standard InChI is InChI=1S/C39H45N3O14/c1-17-33-20(42-8-9-53-35(52-4)34(42)56-33)10-24(54-17)55-22-12-39(49,36(48)41-38-14-37(15-38,16-38)40-23(43)13-50-2)11-19-26(22)32(47)28-27(30(19)45)29(44)18-6-5-7-21(51-3)25(18)31(28)46/h5-7,17,20,22,24,33-35,45,47,49H,8-16H2,1-4H3,(H,40,43)(H,41,48)/t17-,20-,22-,24-,33+,34+,35-,37?,38?,39-/m0/s1. The highest BCUT2D eigenvalue weighted by atomic mass is 16.7. The molecule has 8 atom stereocenters. The molecule has 56 heavy (non-hydrogen) atoms. The SMILES string of the molecule is COCC(=O)NC12CC(NC(=O)[C@]3(O)Cc4c(O)c5c(c(O)c4[C@@H](O[C@H]4C[C@H]6[C@H](O[C@@H]7[C@@H](OC)OCCN76)[C@H](C)O4)C3)C(=O)c3c(OC)cccc3C5=O)(C1)C2. The van der Waals surface area contributed by atoms with Crippen molar-refractivity contribution in [2.75, 3.05) is 41.1 Å². The number of fused-ring (bicyclic) bond motifs is 6. The molecule has 3 saturated carbocycles. The summed E-state index contributed by atoms with van der Waals surface area (Å²) in [4.78, 5) is 56.7. The number of carbonyl (C=O) groups excluding carboxylic acids is 4. The summed E-state index contributed by atoms with van der Waals surface area (Å²) >= 11 is 0. The van der Waals surface area contributed by atoms with Gasteiger partial charge in [-0.15, -0.1) is 0 Å². The van der Waals surface area contributed by atoms with E-state index in [0.29, 0.717) is 32.4 Å². The Kier molecular flexibility index (Phi) is 8.79. The molecule has 3 heterocycles. The average molecular weight is 780 g/mol. The number of ketones is 2. The van der Waals surface area contributed by atoms with E-state index in [4.69, 9.17) is 33.2 Å². The molecule has 0 radical (unpaired) electrons. The zero-order chi connectivity index (χ0) is 39.5. The normalized spacial score (nSPS) is 36.5. The van der Waals surface area contributed by atoms with Gasteiger partial charge in [0.1, 0.15) is 35.6 Å². The van der Waals surface area contributed by atoms with Crippen LogP contribution in [0.3, 0.4) is 0 Å². The maximum absolute atomic E-state index is 14.2. The maximum Gasteiger partial charge on any atom is 0.252 e. The van der Waals surface area contributed by atoms with E-state index in [1.165, 1.54) is 32.4 Å². The number of nitrogens with one attached hydrogen (secondary N) is 2. The van der Waals surface area contributed by atoms with Gasteiger partial charge in [-0.3, -0.25) is 24.1 Å². The van der Waals surface area contributed by atoms with E-state index in [1.807, 2.05) is 6.92 Å². The van der Waals surface area contributed by atoms with E-state index in [-0.39, 0.29) is 59.1 Å². The first-order chi connectivity index (χ1) is 26.7. The lowest BCUT2D eigenvalue weighted by atomic mass is 9.44. The lowest BCUT2D eigenvalue weighted by molar-refractivity contribution is -0.256. The average Bonchev–Trinajstić information content (AvgIpc) is 3.53. The zero-order valence-electron chi connectivity index (χ0n) is 31.4. The first kappa shape index (κ1) is 37.4. The minimum absolute atomic E-state index is 0.0293. The lowest BCUT2D eigenvalue weighted by Crippen LogP contribution is -2.84. The van der Waals surface area contributed by atoms with Gasteiger partial charge in [0.15, 0.2) is 24.6 Å². The molecule has 3 aliphatic heterocycles. The Bertz CT molecular complexity index is 2020. The molecule has 17 heteroatoms. The quantitative estimate of drug-likeness (QED) is 0.189. The largest absolute Gasteiger partial charge is 0.507 e. The van der Waals surface area contributed by atoms with Gasteiger partial charge in [-0.2, -0.15) is 0 Å². The van der Waals surface area contributed by atoms with E-state index in [9.17, 15) is 34.5 Å². The summed E-state index contributed by atoms with van der Waals surface area (Å²) in [6.07, 6.45) is -3.41. The van der Waals surface area contributed by atoms with Gasteiger partial charge in [-0.05, 0) is 32.3 Å². The number of carbonyl (C=O) groups is 4. The van der Waals surface area contributed by atoms with Gasteiger partial charge in [0.2, 0.25) is 11.7 Å². The van der Waals surface area contributed by atoms with Crippen molar-refractivity contribution >= 4 is 23.4 Å². The van der Waals surface area contributed by atoms with Crippen molar-refractivity contribution in [3.8, 4) is 17.2 Å². The molecule has 5 N–H and O–H groups in total. The van der Waals surface area contributed by atoms with Gasteiger partial charge < -0.3 is 59.1 Å². The molecule has 0 spiro atoms. The van der Waals surface area contributed by atoms with Gasteiger partial charge in [-0.25, -0.2) is 0 Å². The van der Waals surface area contributed by atoms with Crippen LogP contribution < -0.4 is 15.4 Å². The summed E-state index contributed by atoms with van der Waals surface area (Å²) in [5.74, 6) is -3.62. The minimum Gasteiger partial charge on any atom is -0.507 e. The third-order valence-electron chi connectivity index (χ3n) is 12.7. The Morgan fingerprint density at radius 2 is 1.71 bits per heavy atom. The number of phenolic OH excluding ortho intramolecular Hbond substituents is 2. The topological polar surface area (TPSA) is 221 Å². The highest BCUT2D eigenvalue weighted by Gasteiger charge is 2.70. The molecule has 2 aromatic rings. The summed E-state index contributed by atoms with van der Waals surface area (Å²) in [5, 5.41) is 42.2. The number of benzene rings is 2. The summed E-state index contributed by atoms with van der Waals surface area (Å²) in [7, 11) is 4.33. The summed E-state index contributed by atoms with van der Waals surface area (Å²) in [5.41, 5.74) is -4.44. The number of morpholine rings is 1. The van der Waals surface area contributed by atoms with E-state index >= 15 is 0 Å². The fraction of sp³-hybridized carbons (Fsp3) is 0.590. The minimum atomic E-state index is -2.21. The predicted octanol–water partition coefficient (Wildman–Crippen LogP) is 0.704. The number of aromatic hydroxyl groups is 2. The number of amides is 2. The highest BCUT2D eigenvalue weighted by molar-refractivity contribution is 6.31. The molecule has 0 aromatic heterocycles. The number of hydrogen-bond acceptors (Lipinski definition) is 15. The number of phenols is 2. The Balaban J connectivity index is 1.06. The molecule has 2 aromatic carbocycles. The van der Waals surface area contributed by atoms with Crippen molar-refractivity contribution in [1.29, 1.82) is 0 Å². The van der Waals surface area contributed by atoms with Crippen molar-refractivity contribution in [1.82, 2.24) is 15.5 Å². The summed E-state index contributed by atoms with van der Waals surface area (Å²) < 4.78 is 40.9. The molecule has 10 rings (SSSR count). The third-order valence-corrected chi connectivity index (χ3v) is 12.7. The Morgan fingerprint density at radius 1 is 0.982 bits per heavy atom. The van der Waals surface area contributed by atoms with Crippen LogP contribution in [0.25, 0.3) is 0 Å². The maximum atomic E-state index is 14.2. The molecule has 8 aliphatic rings. The molecule has 5 aliphatic carbocycles. The van der Waals surface area contributed by atoms with Gasteiger partial charge in [0.25, 0.3) is 5.91 Å². The van der Waals surface area contributed by atoms with E-state index in [2.05, 4.69) is 15.5 Å². The highest BCUT2D eigenvalue weighted by Crippen LogP contribution is 2.61. The molecule has 6 fully saturated rings. The zero-order valence-corrected chi connectivity index (χ0v) is 31.4. The molecular formula is C39H45N3O14. The number of aliphatic hydroxyl groups is 1. The Labute approximate surface area is 321 Å². The third kappa shape index (κ3) is 5.50. The van der Waals surface area contributed by atoms with Crippen molar-refractivity contribution in [2.24, 2.45) is 0 Å². The van der Waals surface area contributed by atoms with E-state index in [0.717, 1.165) is 0 Å². The smallest absolute Gasteiger partial charge is 0.252 e. The van der Waals surface area contributed by atoms with Crippen LogP contribution in [0.5, 0.6) is 17.2 Å². The van der Waals surface area contributed by atoms with Crippen LogP contribution in [0.15, 0.2) is 18.2 Å². The molecule has 17 nitrogen and oxygen atoms in total. The summed E-state index contributed by atoms with van der Waals surface area (Å²) in [6.45, 7) is 2.74. The molecule has 2 amide bonds. The van der Waals surface area contributed by atoms with Crippen molar-refractivity contribution < 1.29 is 67.7 Å². The van der Waals surface area contributed by atoms with Crippen molar-refractivity contribution in [2.45, 2.75) is 105 Å². The molecule has 3 saturated heterocycles. The molecule has 2 bridgehead atoms. The van der Waals surface area contributed by atoms with Gasteiger partial charge >= 0.3 is 0 Å². The summed E-state index contributed by atoms with van der Waals surface area (Å²) in [6, 6.07) is 4.30. The molecular weight excluding hydrogens is 734 g/mol. The fourth-order valence-electron chi connectivity index (χ4n) is 10.4. The van der Waals surface area contributed by atoms with Crippen LogP contribution in [0.4, 0.5) is 0 Å². The van der Waals surface area contributed by atoms with Gasteiger partial charge in [0.05, 0.1) is 42.6 Å². The first-order valence-electron chi connectivity index (χ1n) is 18.8. The van der Waals surface area contributed by atoms with Gasteiger partial charge in [0, 0.05) is 73.8 Å². The van der Waals surface area contributed by atoms with Crippen molar-refractivity contribution in [3.05, 3.63) is 51.6 Å². The Morgan fingerprint density at radius 3 is 2.43 bits per heavy atom. The second-order valence-corrected chi connectivity index (χ2v) is 16.2. The van der Waals surface area contributed by atoms with Crippen molar-refractivity contribution in [3.63, 3.8) is 0 Å². The Hall–Kier alpha value is -4.20. The second-order valence-electron chi connectivity index (χ2n) is 16.2. The lowest BCUT2D eigenvalue weighted by Gasteiger charge is -2.70. The van der Waals surface area contributed by atoms with E-state index < -0.39 is 101 Å². The monoisotopic (exact) mass is 779 g/mol. The van der Waals surface area contributed by atoms with Crippen LogP contribution in [-0.4, -0.2) is 138 Å². The van der Waals surface area contributed by atoms with Crippen LogP contribution in [0.1, 0.15) is 88.1 Å². The van der Waals surface area contributed by atoms with Gasteiger partial charge in [-0.1, -0.05) is 12.1 Å². The molecule has 300 valence electrons. The number of hydrogen-bond donors (Lipinski definition) is 5. The van der Waals surface area contributed by atoms with Crippen LogP contribution in [-0.2, 0) is 44.4 Å². The van der Waals surface area contributed by atoms with E-state index in [1.54, 1.807) is 7.11 Å². The van der Waals surface area contributed by atoms with Crippen LogP contribution in [0, 0.1) is 0 Å². The number of methoxy groups -OCH3 is 3. The number of nitrogens with zero attached hydrogens (tertiary/aromatic N) is 1.